The lowest BCUT2D eigenvalue weighted by molar-refractivity contribution is 0.229. The van der Waals surface area contributed by atoms with Crippen LogP contribution in [0.15, 0.2) is 0 Å². The van der Waals surface area contributed by atoms with Gasteiger partial charge in [-0.3, -0.25) is 0 Å². The summed E-state index contributed by atoms with van der Waals surface area (Å²) in [5.41, 5.74) is 0. The van der Waals surface area contributed by atoms with E-state index in [-0.39, 0.29) is 0 Å². The standard InChI is InChI=1S/C12H23ClN2O2S/c1-11-4-2-6-14(9-11)18(16,17)15-7-3-5-12(8-13)10-15/h11-12H,2-10H2,1H3. The predicted molar refractivity (Wildman–Crippen MR) is 73.9 cm³/mol. The van der Waals surface area contributed by atoms with Gasteiger partial charge in [-0.05, 0) is 37.5 Å². The average molecular weight is 295 g/mol. The van der Waals surface area contributed by atoms with Crippen LogP contribution in [0.3, 0.4) is 0 Å². The molecule has 0 amide bonds. The SMILES string of the molecule is CC1CCCN(S(=O)(=O)N2CCCC(CCl)C2)C1. The average Bonchev–Trinajstić information content (AvgIpc) is 2.39. The first kappa shape index (κ1) is 14.6. The second kappa shape index (κ2) is 6.07. The Labute approximate surface area is 115 Å². The van der Waals surface area contributed by atoms with Crippen LogP contribution in [-0.2, 0) is 10.2 Å². The molecule has 0 aromatic heterocycles. The van der Waals surface area contributed by atoms with Gasteiger partial charge in [0.05, 0.1) is 0 Å². The molecule has 2 fully saturated rings. The van der Waals surface area contributed by atoms with Gasteiger partial charge in [0.25, 0.3) is 10.2 Å². The summed E-state index contributed by atoms with van der Waals surface area (Å²) in [6, 6.07) is 0. The Hall–Kier alpha value is 0.160. The summed E-state index contributed by atoms with van der Waals surface area (Å²) in [5, 5.41) is 0. The molecule has 2 aliphatic rings. The molecule has 0 aromatic rings. The van der Waals surface area contributed by atoms with Crippen LogP contribution in [0.5, 0.6) is 0 Å². The van der Waals surface area contributed by atoms with E-state index in [9.17, 15) is 8.42 Å². The van der Waals surface area contributed by atoms with Crippen molar-refractivity contribution in [3.63, 3.8) is 0 Å². The summed E-state index contributed by atoms with van der Waals surface area (Å²) < 4.78 is 28.4. The van der Waals surface area contributed by atoms with E-state index in [0.717, 1.165) is 25.7 Å². The van der Waals surface area contributed by atoms with Gasteiger partial charge in [0.2, 0.25) is 0 Å². The smallest absolute Gasteiger partial charge is 0.195 e. The van der Waals surface area contributed by atoms with E-state index < -0.39 is 10.2 Å². The van der Waals surface area contributed by atoms with Crippen molar-refractivity contribution >= 4 is 21.8 Å². The van der Waals surface area contributed by atoms with Gasteiger partial charge < -0.3 is 0 Å². The van der Waals surface area contributed by atoms with Crippen molar-refractivity contribution in [3.05, 3.63) is 0 Å². The molecule has 0 aromatic carbocycles. The minimum absolute atomic E-state index is 0.317. The molecule has 0 bridgehead atoms. The lowest BCUT2D eigenvalue weighted by Crippen LogP contribution is -2.50. The monoisotopic (exact) mass is 294 g/mol. The van der Waals surface area contributed by atoms with Crippen LogP contribution < -0.4 is 0 Å². The molecule has 2 rings (SSSR count). The van der Waals surface area contributed by atoms with Crippen molar-refractivity contribution < 1.29 is 8.42 Å². The summed E-state index contributed by atoms with van der Waals surface area (Å²) in [4.78, 5) is 0. The molecule has 0 spiro atoms. The van der Waals surface area contributed by atoms with Crippen LogP contribution in [0.4, 0.5) is 0 Å². The van der Waals surface area contributed by atoms with Crippen molar-refractivity contribution in [1.29, 1.82) is 0 Å². The zero-order valence-corrected chi connectivity index (χ0v) is 12.6. The van der Waals surface area contributed by atoms with E-state index >= 15 is 0 Å². The number of hydrogen-bond donors (Lipinski definition) is 0. The highest BCUT2D eigenvalue weighted by Crippen LogP contribution is 2.25. The van der Waals surface area contributed by atoms with Gasteiger partial charge in [-0.25, -0.2) is 0 Å². The summed E-state index contributed by atoms with van der Waals surface area (Å²) >= 11 is 5.87. The van der Waals surface area contributed by atoms with Crippen LogP contribution in [-0.4, -0.2) is 49.1 Å². The third-order valence-electron chi connectivity index (χ3n) is 3.97. The maximum Gasteiger partial charge on any atom is 0.281 e. The molecule has 2 atom stereocenters. The van der Waals surface area contributed by atoms with Crippen molar-refractivity contribution in [2.45, 2.75) is 32.6 Å². The Morgan fingerprint density at radius 2 is 1.72 bits per heavy atom. The largest absolute Gasteiger partial charge is 0.281 e. The molecule has 0 aliphatic carbocycles. The number of hydrogen-bond acceptors (Lipinski definition) is 2. The van der Waals surface area contributed by atoms with Gasteiger partial charge in [0.15, 0.2) is 0 Å². The number of alkyl halides is 1. The predicted octanol–water partition coefficient (Wildman–Crippen LogP) is 1.91. The number of nitrogens with zero attached hydrogens (tertiary/aromatic N) is 2. The second-order valence-corrected chi connectivity index (χ2v) is 7.87. The zero-order valence-electron chi connectivity index (χ0n) is 11.0. The molecule has 2 aliphatic heterocycles. The summed E-state index contributed by atoms with van der Waals surface area (Å²) in [7, 11) is -3.25. The number of rotatable bonds is 3. The summed E-state index contributed by atoms with van der Waals surface area (Å²) in [6.45, 7) is 4.72. The number of piperidine rings is 2. The molecule has 0 saturated carbocycles. The second-order valence-electron chi connectivity index (χ2n) is 5.63. The maximum atomic E-state index is 12.6. The van der Waals surface area contributed by atoms with Gasteiger partial charge in [-0.15, -0.1) is 11.6 Å². The molecule has 6 heteroatoms. The highest BCUT2D eigenvalue weighted by Gasteiger charge is 2.35. The topological polar surface area (TPSA) is 40.6 Å². The van der Waals surface area contributed by atoms with Crippen molar-refractivity contribution in [3.8, 4) is 0 Å². The molecular formula is C12H23ClN2O2S. The van der Waals surface area contributed by atoms with Crippen LogP contribution in [0.25, 0.3) is 0 Å². The Morgan fingerprint density at radius 3 is 2.33 bits per heavy atom. The lowest BCUT2D eigenvalue weighted by Gasteiger charge is -2.37. The normalized spacial score (nSPS) is 32.6. The molecule has 2 unspecified atom stereocenters. The van der Waals surface area contributed by atoms with Gasteiger partial charge in [0.1, 0.15) is 0 Å². The molecule has 0 radical (unpaired) electrons. The van der Waals surface area contributed by atoms with Gasteiger partial charge in [0, 0.05) is 32.1 Å². The number of halogens is 1. The van der Waals surface area contributed by atoms with Crippen molar-refractivity contribution in [2.75, 3.05) is 32.1 Å². The Balaban J connectivity index is 2.05. The van der Waals surface area contributed by atoms with Gasteiger partial charge >= 0.3 is 0 Å². The first-order valence-corrected chi connectivity index (χ1v) is 8.78. The fourth-order valence-corrected chi connectivity index (χ4v) is 5.02. The van der Waals surface area contributed by atoms with Crippen LogP contribution in [0.2, 0.25) is 0 Å². The van der Waals surface area contributed by atoms with E-state index in [1.165, 1.54) is 0 Å². The fourth-order valence-electron chi connectivity index (χ4n) is 2.88. The summed E-state index contributed by atoms with van der Waals surface area (Å²) in [6.07, 6.45) is 4.09. The quantitative estimate of drug-likeness (QED) is 0.746. The maximum absolute atomic E-state index is 12.6. The highest BCUT2D eigenvalue weighted by atomic mass is 35.5. The van der Waals surface area contributed by atoms with Crippen LogP contribution in [0.1, 0.15) is 32.6 Å². The minimum atomic E-state index is -3.25. The molecule has 106 valence electrons. The first-order chi connectivity index (χ1) is 8.54. The van der Waals surface area contributed by atoms with E-state index in [1.807, 2.05) is 0 Å². The molecule has 0 N–H and O–H groups in total. The Kier molecular flexibility index (Phi) is 4.92. The van der Waals surface area contributed by atoms with Gasteiger partial charge in [-0.2, -0.15) is 17.0 Å². The van der Waals surface area contributed by atoms with E-state index in [1.54, 1.807) is 8.61 Å². The molecule has 2 saturated heterocycles. The van der Waals surface area contributed by atoms with E-state index in [2.05, 4.69) is 6.92 Å². The lowest BCUT2D eigenvalue weighted by atomic mass is 10.0. The first-order valence-electron chi connectivity index (χ1n) is 6.85. The zero-order chi connectivity index (χ0) is 13.2. The third-order valence-corrected chi connectivity index (χ3v) is 6.38. The van der Waals surface area contributed by atoms with Gasteiger partial charge in [-0.1, -0.05) is 6.92 Å². The highest BCUT2D eigenvalue weighted by molar-refractivity contribution is 7.86. The fraction of sp³-hybridized carbons (Fsp3) is 1.00. The van der Waals surface area contributed by atoms with E-state index in [0.29, 0.717) is 43.9 Å². The molecular weight excluding hydrogens is 272 g/mol. The molecule has 2 heterocycles. The van der Waals surface area contributed by atoms with Crippen LogP contribution >= 0.6 is 11.6 Å². The summed E-state index contributed by atoms with van der Waals surface area (Å²) in [5.74, 6) is 1.35. The van der Waals surface area contributed by atoms with Crippen molar-refractivity contribution in [2.24, 2.45) is 11.8 Å². The van der Waals surface area contributed by atoms with Crippen LogP contribution in [0, 0.1) is 11.8 Å². The van der Waals surface area contributed by atoms with E-state index in [4.69, 9.17) is 11.6 Å². The van der Waals surface area contributed by atoms with Crippen molar-refractivity contribution in [1.82, 2.24) is 8.61 Å². The minimum Gasteiger partial charge on any atom is -0.195 e. The third kappa shape index (κ3) is 3.18. The Morgan fingerprint density at radius 1 is 1.11 bits per heavy atom. The Bertz CT molecular complexity index is 374. The molecule has 18 heavy (non-hydrogen) atoms. The molecule has 4 nitrogen and oxygen atoms in total.